The van der Waals surface area contributed by atoms with Crippen molar-refractivity contribution in [1.82, 2.24) is 0 Å². The van der Waals surface area contributed by atoms with Crippen LogP contribution in [0.1, 0.15) is 48.8 Å². The molecular formula is C17H22F3N5O2S. The Balaban J connectivity index is 2.03. The van der Waals surface area contributed by atoms with Crippen LogP contribution >= 0.6 is 0 Å². The molecular weight excluding hydrogens is 395 g/mol. The molecule has 28 heavy (non-hydrogen) atoms. The first-order valence-corrected chi connectivity index (χ1v) is 10.6. The van der Waals surface area contributed by atoms with Gasteiger partial charge >= 0.3 is 6.18 Å². The highest BCUT2D eigenvalue weighted by Gasteiger charge is 2.39. The van der Waals surface area contributed by atoms with Crippen molar-refractivity contribution in [1.29, 1.82) is 0 Å². The molecule has 0 atom stereocenters. The average Bonchev–Trinajstić information content (AvgIpc) is 3.13. The molecule has 2 aliphatic rings. The summed E-state index contributed by atoms with van der Waals surface area (Å²) in [5.41, 5.74) is 4.83. The van der Waals surface area contributed by atoms with Gasteiger partial charge in [0.2, 0.25) is 10.0 Å². The van der Waals surface area contributed by atoms with Crippen LogP contribution in [0.2, 0.25) is 0 Å². The standard InChI is InChI=1S/C17H22F3N5O2S/c18-17(19,20)13-8-5-11(4-1-10-2-6-12(21)7-3-10)14(15(13)28(22,26)27)16-23-9-24-25-16/h5,8,10,12H,1-4,6-7,9,21H2,(H2,22,26,27). The highest BCUT2D eigenvalue weighted by Crippen LogP contribution is 2.38. The molecule has 0 radical (unpaired) electrons. The van der Waals surface area contributed by atoms with Gasteiger partial charge in [0.25, 0.3) is 0 Å². The molecule has 1 aromatic rings. The molecule has 1 aliphatic heterocycles. The normalized spacial score (nSPS) is 23.1. The average molecular weight is 417 g/mol. The number of nitrogens with two attached hydrogens (primary N) is 2. The lowest BCUT2D eigenvalue weighted by Crippen LogP contribution is -2.27. The number of hydrogen-bond acceptors (Lipinski definition) is 6. The number of alkyl halides is 3. The summed E-state index contributed by atoms with van der Waals surface area (Å²) in [7, 11) is -4.68. The molecule has 0 spiro atoms. The van der Waals surface area contributed by atoms with Gasteiger partial charge in [-0.3, -0.25) is 0 Å². The van der Waals surface area contributed by atoms with E-state index in [0.717, 1.165) is 31.7 Å². The van der Waals surface area contributed by atoms with Crippen LogP contribution in [-0.4, -0.2) is 27.0 Å². The third kappa shape index (κ3) is 4.58. The SMILES string of the molecule is NC1CCC(CCc2ccc(C(F)(F)F)c(S(N)(=O)=O)c2C2=NCN=N2)CC1. The van der Waals surface area contributed by atoms with Gasteiger partial charge in [0.15, 0.2) is 12.5 Å². The fourth-order valence-corrected chi connectivity index (χ4v) is 4.79. The summed E-state index contributed by atoms with van der Waals surface area (Å²) < 4.78 is 64.6. The fraction of sp³-hybridized carbons (Fsp3) is 0.588. The first kappa shape index (κ1) is 20.9. The van der Waals surface area contributed by atoms with Gasteiger partial charge in [-0.2, -0.15) is 18.3 Å². The number of aliphatic imine (C=N–C) groups is 1. The molecule has 3 rings (SSSR count). The van der Waals surface area contributed by atoms with Gasteiger partial charge in [0.1, 0.15) is 4.90 Å². The largest absolute Gasteiger partial charge is 0.417 e. The number of amidine groups is 1. The Hall–Kier alpha value is -1.85. The number of nitrogens with zero attached hydrogens (tertiary/aromatic N) is 3. The molecule has 1 heterocycles. The number of primary sulfonamides is 1. The van der Waals surface area contributed by atoms with E-state index in [1.54, 1.807) is 0 Å². The predicted octanol–water partition coefficient (Wildman–Crippen LogP) is 2.97. The van der Waals surface area contributed by atoms with Crippen molar-refractivity contribution in [2.75, 3.05) is 6.67 Å². The zero-order valence-electron chi connectivity index (χ0n) is 15.1. The van der Waals surface area contributed by atoms with Crippen LogP contribution in [0, 0.1) is 5.92 Å². The number of halogens is 3. The highest BCUT2D eigenvalue weighted by molar-refractivity contribution is 7.89. The number of sulfonamides is 1. The van der Waals surface area contributed by atoms with E-state index in [9.17, 15) is 21.6 Å². The molecule has 11 heteroatoms. The molecule has 0 saturated heterocycles. The minimum Gasteiger partial charge on any atom is -0.328 e. The molecule has 1 aromatic carbocycles. The number of aryl methyl sites for hydroxylation is 1. The van der Waals surface area contributed by atoms with Gasteiger partial charge in [-0.25, -0.2) is 18.5 Å². The van der Waals surface area contributed by atoms with Crippen molar-refractivity contribution >= 4 is 15.9 Å². The van der Waals surface area contributed by atoms with Crippen molar-refractivity contribution in [2.24, 2.45) is 32.0 Å². The van der Waals surface area contributed by atoms with E-state index in [4.69, 9.17) is 10.9 Å². The second-order valence-electron chi connectivity index (χ2n) is 7.20. The maximum Gasteiger partial charge on any atom is 0.417 e. The lowest BCUT2D eigenvalue weighted by Gasteiger charge is -2.26. The van der Waals surface area contributed by atoms with E-state index in [1.165, 1.54) is 6.07 Å². The Bertz CT molecular complexity index is 904. The maximum absolute atomic E-state index is 13.5. The Morgan fingerprint density at radius 1 is 1.14 bits per heavy atom. The Morgan fingerprint density at radius 3 is 2.36 bits per heavy atom. The molecule has 0 amide bonds. The molecule has 154 valence electrons. The van der Waals surface area contributed by atoms with Gasteiger partial charge < -0.3 is 5.73 Å². The number of azo groups is 1. The van der Waals surface area contributed by atoms with Crippen molar-refractivity contribution in [3.63, 3.8) is 0 Å². The second-order valence-corrected chi connectivity index (χ2v) is 8.70. The number of rotatable bonds is 5. The molecule has 7 nitrogen and oxygen atoms in total. The number of benzene rings is 1. The van der Waals surface area contributed by atoms with E-state index >= 15 is 0 Å². The van der Waals surface area contributed by atoms with Crippen LogP contribution in [0.4, 0.5) is 13.2 Å². The summed E-state index contributed by atoms with van der Waals surface area (Å²) in [5.74, 6) is 0.260. The highest BCUT2D eigenvalue weighted by atomic mass is 32.2. The maximum atomic E-state index is 13.5. The summed E-state index contributed by atoms with van der Waals surface area (Å²) in [5, 5.41) is 12.6. The van der Waals surface area contributed by atoms with Crippen molar-refractivity contribution in [2.45, 2.75) is 55.6 Å². The fourth-order valence-electron chi connectivity index (χ4n) is 3.79. The molecule has 4 N–H and O–H groups in total. The molecule has 0 bridgehead atoms. The predicted molar refractivity (Wildman–Crippen MR) is 97.3 cm³/mol. The van der Waals surface area contributed by atoms with Gasteiger partial charge in [-0.05, 0) is 56.1 Å². The van der Waals surface area contributed by atoms with Crippen molar-refractivity contribution < 1.29 is 21.6 Å². The zero-order chi connectivity index (χ0) is 20.5. The molecule has 1 aliphatic carbocycles. The smallest absolute Gasteiger partial charge is 0.328 e. The third-order valence-corrected chi connectivity index (χ3v) is 6.21. The van der Waals surface area contributed by atoms with E-state index < -0.39 is 26.7 Å². The third-order valence-electron chi connectivity index (χ3n) is 5.22. The van der Waals surface area contributed by atoms with Crippen LogP contribution in [0.15, 0.2) is 32.2 Å². The molecule has 1 fully saturated rings. The first-order chi connectivity index (χ1) is 13.1. The minimum absolute atomic E-state index is 0.0599. The van der Waals surface area contributed by atoms with Gasteiger partial charge in [-0.1, -0.05) is 6.07 Å². The van der Waals surface area contributed by atoms with Crippen LogP contribution in [0.5, 0.6) is 0 Å². The molecule has 1 saturated carbocycles. The van der Waals surface area contributed by atoms with Crippen molar-refractivity contribution in [3.05, 3.63) is 28.8 Å². The van der Waals surface area contributed by atoms with E-state index in [1.807, 2.05) is 0 Å². The lowest BCUT2D eigenvalue weighted by molar-refractivity contribution is -0.139. The quantitative estimate of drug-likeness (QED) is 0.765. The molecule has 0 unspecified atom stereocenters. The lowest BCUT2D eigenvalue weighted by atomic mass is 9.82. The minimum atomic E-state index is -4.88. The second kappa shape index (κ2) is 7.88. The van der Waals surface area contributed by atoms with Crippen LogP contribution in [0.25, 0.3) is 0 Å². The Labute approximate surface area is 161 Å². The van der Waals surface area contributed by atoms with Crippen LogP contribution in [0.3, 0.4) is 0 Å². The monoisotopic (exact) mass is 417 g/mol. The van der Waals surface area contributed by atoms with Gasteiger partial charge in [0.05, 0.1) is 5.56 Å². The summed E-state index contributed by atoms with van der Waals surface area (Å²) in [4.78, 5) is 2.96. The van der Waals surface area contributed by atoms with Crippen LogP contribution < -0.4 is 10.9 Å². The topological polar surface area (TPSA) is 123 Å². The first-order valence-electron chi connectivity index (χ1n) is 9.01. The summed E-state index contributed by atoms with van der Waals surface area (Å²) >= 11 is 0. The number of hydrogen-bond donors (Lipinski definition) is 2. The zero-order valence-corrected chi connectivity index (χ0v) is 15.9. The summed E-state index contributed by atoms with van der Waals surface area (Å²) in [6.45, 7) is -0.0599. The van der Waals surface area contributed by atoms with E-state index in [2.05, 4.69) is 15.2 Å². The van der Waals surface area contributed by atoms with E-state index in [0.29, 0.717) is 24.3 Å². The van der Waals surface area contributed by atoms with Gasteiger partial charge in [-0.15, -0.1) is 5.11 Å². The molecule has 0 aromatic heterocycles. The summed E-state index contributed by atoms with van der Waals surface area (Å²) in [6, 6.07) is 2.25. The van der Waals surface area contributed by atoms with E-state index in [-0.39, 0.29) is 24.1 Å². The van der Waals surface area contributed by atoms with Crippen molar-refractivity contribution in [3.8, 4) is 0 Å². The summed E-state index contributed by atoms with van der Waals surface area (Å²) in [6.07, 6.45) is -0.0731. The Kier molecular flexibility index (Phi) is 5.87. The van der Waals surface area contributed by atoms with Crippen LogP contribution in [-0.2, 0) is 22.6 Å². The van der Waals surface area contributed by atoms with Gasteiger partial charge in [0, 0.05) is 11.6 Å². The Morgan fingerprint density at radius 2 is 1.82 bits per heavy atom.